The minimum Gasteiger partial charge on any atom is -0.506 e. The summed E-state index contributed by atoms with van der Waals surface area (Å²) in [5.41, 5.74) is 1.70. The van der Waals surface area contributed by atoms with Crippen LogP contribution < -0.4 is 5.32 Å². The first-order chi connectivity index (χ1) is 13.4. The van der Waals surface area contributed by atoms with Gasteiger partial charge in [-0.3, -0.25) is 4.79 Å². The second kappa shape index (κ2) is 8.75. The highest BCUT2D eigenvalue weighted by Gasteiger charge is 2.28. The molecule has 1 fully saturated rings. The van der Waals surface area contributed by atoms with E-state index < -0.39 is 15.9 Å². The van der Waals surface area contributed by atoms with E-state index in [1.807, 2.05) is 12.1 Å². The minimum atomic E-state index is -3.62. The van der Waals surface area contributed by atoms with Crippen molar-refractivity contribution in [1.82, 2.24) is 4.31 Å². The van der Waals surface area contributed by atoms with Gasteiger partial charge in [-0.1, -0.05) is 25.5 Å². The number of aromatic hydroxyl groups is 1. The van der Waals surface area contributed by atoms with Crippen molar-refractivity contribution in [2.75, 3.05) is 18.4 Å². The SMILES string of the molecule is CCCCc1ccc(C(=O)Nc2cc(S(=O)(=O)N3CCCC3)ccc2O)cc1. The molecule has 150 valence electrons. The first kappa shape index (κ1) is 20.4. The lowest BCUT2D eigenvalue weighted by atomic mass is 10.1. The number of amides is 1. The number of sulfonamides is 1. The lowest BCUT2D eigenvalue weighted by Crippen LogP contribution is -2.28. The molecule has 2 aromatic rings. The topological polar surface area (TPSA) is 86.7 Å². The Morgan fingerprint density at radius 1 is 1.11 bits per heavy atom. The predicted molar refractivity (Wildman–Crippen MR) is 109 cm³/mol. The zero-order valence-corrected chi connectivity index (χ0v) is 16.8. The van der Waals surface area contributed by atoms with E-state index in [0.717, 1.165) is 32.1 Å². The van der Waals surface area contributed by atoms with Gasteiger partial charge in [0.15, 0.2) is 0 Å². The number of hydrogen-bond donors (Lipinski definition) is 2. The summed E-state index contributed by atoms with van der Waals surface area (Å²) in [4.78, 5) is 12.6. The van der Waals surface area contributed by atoms with Crippen LogP contribution in [0.5, 0.6) is 5.75 Å². The molecule has 2 N–H and O–H groups in total. The Balaban J connectivity index is 1.77. The Morgan fingerprint density at radius 3 is 2.43 bits per heavy atom. The van der Waals surface area contributed by atoms with Gasteiger partial charge in [-0.15, -0.1) is 0 Å². The number of aryl methyl sites for hydroxylation is 1. The van der Waals surface area contributed by atoms with Crippen LogP contribution in [0.1, 0.15) is 48.5 Å². The molecule has 0 spiro atoms. The molecule has 1 amide bonds. The fourth-order valence-electron chi connectivity index (χ4n) is 3.25. The van der Waals surface area contributed by atoms with E-state index in [2.05, 4.69) is 12.2 Å². The van der Waals surface area contributed by atoms with Gasteiger partial charge in [-0.05, 0) is 61.6 Å². The number of phenols is 1. The Labute approximate surface area is 166 Å². The van der Waals surface area contributed by atoms with E-state index in [1.54, 1.807) is 12.1 Å². The van der Waals surface area contributed by atoms with Crippen LogP contribution in [0.25, 0.3) is 0 Å². The van der Waals surface area contributed by atoms with Crippen molar-refractivity contribution in [3.63, 3.8) is 0 Å². The maximum absolute atomic E-state index is 12.7. The average molecular weight is 403 g/mol. The van der Waals surface area contributed by atoms with Gasteiger partial charge in [0.2, 0.25) is 10.0 Å². The van der Waals surface area contributed by atoms with Crippen molar-refractivity contribution in [1.29, 1.82) is 0 Å². The standard InChI is InChI=1S/C21H26N2O4S/c1-2-3-6-16-7-9-17(10-8-16)21(25)22-19-15-18(11-12-20(19)24)28(26,27)23-13-4-5-14-23/h7-12,15,24H,2-6,13-14H2,1H3,(H,22,25). The fourth-order valence-corrected chi connectivity index (χ4v) is 4.80. The summed E-state index contributed by atoms with van der Waals surface area (Å²) in [6.45, 7) is 3.12. The quantitative estimate of drug-likeness (QED) is 0.690. The molecule has 28 heavy (non-hydrogen) atoms. The van der Waals surface area contributed by atoms with Crippen molar-refractivity contribution in [3.8, 4) is 5.75 Å². The van der Waals surface area contributed by atoms with Crippen LogP contribution in [-0.4, -0.2) is 36.8 Å². The molecule has 0 atom stereocenters. The van der Waals surface area contributed by atoms with Crippen molar-refractivity contribution in [2.45, 2.75) is 43.9 Å². The third kappa shape index (κ3) is 4.54. The molecule has 0 aromatic heterocycles. The summed E-state index contributed by atoms with van der Waals surface area (Å²) in [5, 5.41) is 12.7. The van der Waals surface area contributed by atoms with Gasteiger partial charge in [0.05, 0.1) is 10.6 Å². The number of unbranched alkanes of at least 4 members (excludes halogenated alkanes) is 1. The van der Waals surface area contributed by atoms with Gasteiger partial charge in [0.25, 0.3) is 5.91 Å². The number of anilines is 1. The lowest BCUT2D eigenvalue weighted by Gasteiger charge is -2.16. The highest BCUT2D eigenvalue weighted by Crippen LogP contribution is 2.29. The van der Waals surface area contributed by atoms with E-state index in [0.29, 0.717) is 18.7 Å². The number of hydrogen-bond acceptors (Lipinski definition) is 4. The minimum absolute atomic E-state index is 0.0670. The third-order valence-corrected chi connectivity index (χ3v) is 6.85. The van der Waals surface area contributed by atoms with Gasteiger partial charge in [-0.2, -0.15) is 4.31 Å². The highest BCUT2D eigenvalue weighted by molar-refractivity contribution is 7.89. The largest absolute Gasteiger partial charge is 0.506 e. The third-order valence-electron chi connectivity index (χ3n) is 4.95. The van der Waals surface area contributed by atoms with Crippen LogP contribution in [0, 0.1) is 0 Å². The predicted octanol–water partition coefficient (Wildman–Crippen LogP) is 3.77. The summed E-state index contributed by atoms with van der Waals surface area (Å²) in [7, 11) is -3.62. The molecule has 2 aromatic carbocycles. The second-order valence-corrected chi connectivity index (χ2v) is 8.98. The molecule has 0 aliphatic carbocycles. The van der Waals surface area contributed by atoms with E-state index >= 15 is 0 Å². The number of nitrogens with zero attached hydrogens (tertiary/aromatic N) is 1. The Kier molecular flexibility index (Phi) is 6.36. The number of benzene rings is 2. The molecular weight excluding hydrogens is 376 g/mol. The number of carbonyl (C=O) groups excluding carboxylic acids is 1. The van der Waals surface area contributed by atoms with Gasteiger partial charge in [0, 0.05) is 18.7 Å². The van der Waals surface area contributed by atoms with E-state index in [4.69, 9.17) is 0 Å². The summed E-state index contributed by atoms with van der Waals surface area (Å²) >= 11 is 0. The maximum Gasteiger partial charge on any atom is 0.255 e. The first-order valence-corrected chi connectivity index (χ1v) is 11.1. The molecule has 7 heteroatoms. The smallest absolute Gasteiger partial charge is 0.255 e. The van der Waals surface area contributed by atoms with Crippen LogP contribution >= 0.6 is 0 Å². The maximum atomic E-state index is 12.7. The molecule has 0 saturated carbocycles. The number of phenolic OH excluding ortho intramolecular Hbond substituents is 1. The molecule has 6 nitrogen and oxygen atoms in total. The van der Waals surface area contributed by atoms with Crippen LogP contribution in [0.3, 0.4) is 0 Å². The van der Waals surface area contributed by atoms with E-state index in [1.165, 1.54) is 28.1 Å². The Bertz CT molecular complexity index is 933. The van der Waals surface area contributed by atoms with Gasteiger partial charge >= 0.3 is 0 Å². The van der Waals surface area contributed by atoms with Crippen LogP contribution in [0.2, 0.25) is 0 Å². The van der Waals surface area contributed by atoms with E-state index in [-0.39, 0.29) is 16.3 Å². The summed E-state index contributed by atoms with van der Waals surface area (Å²) in [5.74, 6) is -0.568. The van der Waals surface area contributed by atoms with Gasteiger partial charge in [-0.25, -0.2) is 8.42 Å². The molecule has 1 aliphatic rings. The van der Waals surface area contributed by atoms with Crippen LogP contribution in [-0.2, 0) is 16.4 Å². The molecule has 3 rings (SSSR count). The zero-order chi connectivity index (χ0) is 20.1. The van der Waals surface area contributed by atoms with Crippen molar-refractivity contribution >= 4 is 21.6 Å². The second-order valence-electron chi connectivity index (χ2n) is 7.04. The van der Waals surface area contributed by atoms with Crippen LogP contribution in [0.15, 0.2) is 47.4 Å². The average Bonchev–Trinajstić information content (AvgIpc) is 3.24. The fraction of sp³-hybridized carbons (Fsp3) is 0.381. The number of carbonyl (C=O) groups is 1. The molecule has 1 saturated heterocycles. The van der Waals surface area contributed by atoms with Crippen molar-refractivity contribution < 1.29 is 18.3 Å². The normalized spacial score (nSPS) is 14.9. The van der Waals surface area contributed by atoms with Gasteiger partial charge in [0.1, 0.15) is 5.75 Å². The molecule has 1 heterocycles. The summed E-state index contributed by atoms with van der Waals surface area (Å²) < 4.78 is 26.8. The monoisotopic (exact) mass is 402 g/mol. The Morgan fingerprint density at radius 2 is 1.79 bits per heavy atom. The molecule has 0 radical (unpaired) electrons. The number of nitrogens with one attached hydrogen (secondary N) is 1. The molecule has 0 unspecified atom stereocenters. The van der Waals surface area contributed by atoms with Crippen LogP contribution in [0.4, 0.5) is 5.69 Å². The van der Waals surface area contributed by atoms with Crippen molar-refractivity contribution in [3.05, 3.63) is 53.6 Å². The molecule has 0 bridgehead atoms. The van der Waals surface area contributed by atoms with Crippen molar-refractivity contribution in [2.24, 2.45) is 0 Å². The molecular formula is C21H26N2O4S. The summed E-state index contributed by atoms with van der Waals surface area (Å²) in [6.07, 6.45) is 4.86. The Hall–Kier alpha value is -2.38. The lowest BCUT2D eigenvalue weighted by molar-refractivity contribution is 0.102. The molecule has 1 aliphatic heterocycles. The van der Waals surface area contributed by atoms with E-state index in [9.17, 15) is 18.3 Å². The highest BCUT2D eigenvalue weighted by atomic mass is 32.2. The summed E-state index contributed by atoms with van der Waals surface area (Å²) in [6, 6.07) is 11.3. The van der Waals surface area contributed by atoms with Gasteiger partial charge < -0.3 is 10.4 Å². The first-order valence-electron chi connectivity index (χ1n) is 9.65. The number of rotatable bonds is 7. The zero-order valence-electron chi connectivity index (χ0n) is 16.0.